The van der Waals surface area contributed by atoms with Crippen molar-refractivity contribution in [2.75, 3.05) is 26.7 Å². The number of likely N-dealkylation sites (N-methyl/N-ethyl adjacent to an activating group) is 1. The summed E-state index contributed by atoms with van der Waals surface area (Å²) in [5.74, 6) is -0.354. The normalized spacial score (nSPS) is 25.8. The molecule has 0 radical (unpaired) electrons. The van der Waals surface area contributed by atoms with Crippen LogP contribution in [-0.2, 0) is 4.79 Å². The van der Waals surface area contributed by atoms with Gasteiger partial charge in [0.1, 0.15) is 6.10 Å². The van der Waals surface area contributed by atoms with E-state index in [0.29, 0.717) is 0 Å². The second-order valence-electron chi connectivity index (χ2n) is 3.86. The summed E-state index contributed by atoms with van der Waals surface area (Å²) >= 11 is 0. The van der Waals surface area contributed by atoms with Gasteiger partial charge in [-0.15, -0.1) is 0 Å². The molecule has 1 aliphatic rings. The van der Waals surface area contributed by atoms with Crippen molar-refractivity contribution in [1.29, 1.82) is 0 Å². The highest BCUT2D eigenvalue weighted by Crippen LogP contribution is 2.07. The second kappa shape index (κ2) is 5.29. The lowest BCUT2D eigenvalue weighted by molar-refractivity contribution is -0.129. The summed E-state index contributed by atoms with van der Waals surface area (Å²) in [5.41, 5.74) is 5.18. The second-order valence-corrected chi connectivity index (χ2v) is 3.86. The maximum atomic E-state index is 11.3. The fourth-order valence-electron chi connectivity index (χ4n) is 1.69. The number of likely N-dealkylation sites (tertiary alicyclic amines) is 1. The first-order chi connectivity index (χ1) is 6.63. The van der Waals surface area contributed by atoms with Crippen LogP contribution in [0.4, 0.5) is 0 Å². The van der Waals surface area contributed by atoms with Crippen LogP contribution in [0.15, 0.2) is 0 Å². The van der Waals surface area contributed by atoms with E-state index in [1.165, 1.54) is 0 Å². The minimum Gasteiger partial charge on any atom is -0.382 e. The highest BCUT2D eigenvalue weighted by Gasteiger charge is 2.21. The third-order valence-corrected chi connectivity index (χ3v) is 2.50. The Morgan fingerprint density at radius 3 is 3.07 bits per heavy atom. The summed E-state index contributed by atoms with van der Waals surface area (Å²) in [7, 11) is 2.03. The van der Waals surface area contributed by atoms with Crippen LogP contribution < -0.4 is 11.1 Å². The zero-order valence-corrected chi connectivity index (χ0v) is 8.57. The van der Waals surface area contributed by atoms with Gasteiger partial charge in [-0.2, -0.15) is 0 Å². The molecule has 5 nitrogen and oxygen atoms in total. The van der Waals surface area contributed by atoms with Crippen LogP contribution in [0, 0.1) is 0 Å². The van der Waals surface area contributed by atoms with E-state index in [9.17, 15) is 9.90 Å². The fourth-order valence-corrected chi connectivity index (χ4v) is 1.69. The summed E-state index contributed by atoms with van der Waals surface area (Å²) < 4.78 is 0. The van der Waals surface area contributed by atoms with Crippen molar-refractivity contribution in [2.24, 2.45) is 5.73 Å². The van der Waals surface area contributed by atoms with Crippen molar-refractivity contribution in [3.63, 3.8) is 0 Å². The lowest BCUT2D eigenvalue weighted by Crippen LogP contribution is -2.50. The molecule has 0 aromatic carbocycles. The Hall–Kier alpha value is -0.650. The molecule has 1 heterocycles. The monoisotopic (exact) mass is 201 g/mol. The molecule has 5 heteroatoms. The first-order valence-corrected chi connectivity index (χ1v) is 5.00. The Balaban J connectivity index is 2.32. The van der Waals surface area contributed by atoms with E-state index in [4.69, 9.17) is 5.73 Å². The molecule has 0 bridgehead atoms. The third-order valence-electron chi connectivity index (χ3n) is 2.50. The molecular formula is C9H19N3O2. The van der Waals surface area contributed by atoms with Gasteiger partial charge in [0.2, 0.25) is 5.91 Å². The molecular weight excluding hydrogens is 182 g/mol. The number of amides is 1. The number of hydrogen-bond acceptors (Lipinski definition) is 4. The molecule has 4 N–H and O–H groups in total. The number of hydrogen-bond donors (Lipinski definition) is 3. The fraction of sp³-hybridized carbons (Fsp3) is 0.889. The number of aliphatic hydroxyl groups excluding tert-OH is 1. The quantitative estimate of drug-likeness (QED) is 0.520. The molecule has 1 rings (SSSR count). The Bertz CT molecular complexity index is 198. The highest BCUT2D eigenvalue weighted by atomic mass is 16.3. The van der Waals surface area contributed by atoms with E-state index in [-0.39, 0.29) is 18.5 Å². The predicted molar refractivity (Wildman–Crippen MR) is 53.7 cm³/mol. The van der Waals surface area contributed by atoms with Crippen LogP contribution in [0.25, 0.3) is 0 Å². The van der Waals surface area contributed by atoms with Gasteiger partial charge in [0, 0.05) is 19.1 Å². The van der Waals surface area contributed by atoms with Crippen molar-refractivity contribution in [3.05, 3.63) is 0 Å². The summed E-state index contributed by atoms with van der Waals surface area (Å²) in [6, 6.07) is 0.155. The molecule has 0 aromatic rings. The Kier molecular flexibility index (Phi) is 4.31. The topological polar surface area (TPSA) is 78.6 Å². The SMILES string of the molecule is CN1CCCC(NC(=O)C(O)CN)C1. The van der Waals surface area contributed by atoms with E-state index in [1.807, 2.05) is 7.05 Å². The summed E-state index contributed by atoms with van der Waals surface area (Å²) in [6.45, 7) is 1.91. The van der Waals surface area contributed by atoms with Crippen molar-refractivity contribution in [1.82, 2.24) is 10.2 Å². The van der Waals surface area contributed by atoms with Gasteiger partial charge >= 0.3 is 0 Å². The van der Waals surface area contributed by atoms with Crippen LogP contribution in [0.1, 0.15) is 12.8 Å². The van der Waals surface area contributed by atoms with Gasteiger partial charge in [0.25, 0.3) is 0 Å². The molecule has 2 atom stereocenters. The van der Waals surface area contributed by atoms with Gasteiger partial charge in [-0.25, -0.2) is 0 Å². The minimum atomic E-state index is -1.07. The smallest absolute Gasteiger partial charge is 0.250 e. The van der Waals surface area contributed by atoms with E-state index >= 15 is 0 Å². The van der Waals surface area contributed by atoms with E-state index < -0.39 is 6.10 Å². The van der Waals surface area contributed by atoms with Gasteiger partial charge in [0.05, 0.1) is 0 Å². The average Bonchev–Trinajstić information content (AvgIpc) is 2.16. The van der Waals surface area contributed by atoms with Crippen LogP contribution in [0.3, 0.4) is 0 Å². The van der Waals surface area contributed by atoms with Crippen LogP contribution in [-0.4, -0.2) is 54.7 Å². The molecule has 0 saturated carbocycles. The maximum Gasteiger partial charge on any atom is 0.250 e. The van der Waals surface area contributed by atoms with Crippen LogP contribution in [0.5, 0.6) is 0 Å². The van der Waals surface area contributed by atoms with Gasteiger partial charge < -0.3 is 21.1 Å². The molecule has 2 unspecified atom stereocenters. The Morgan fingerprint density at radius 1 is 1.79 bits per heavy atom. The van der Waals surface area contributed by atoms with Gasteiger partial charge in [0.15, 0.2) is 0 Å². The molecule has 82 valence electrons. The lowest BCUT2D eigenvalue weighted by atomic mass is 10.1. The average molecular weight is 201 g/mol. The number of carbonyl (C=O) groups excluding carboxylic acids is 1. The summed E-state index contributed by atoms with van der Waals surface area (Å²) in [4.78, 5) is 13.5. The molecule has 1 fully saturated rings. The Morgan fingerprint density at radius 2 is 2.50 bits per heavy atom. The number of piperidine rings is 1. The van der Waals surface area contributed by atoms with Crippen molar-refractivity contribution >= 4 is 5.91 Å². The number of nitrogens with two attached hydrogens (primary N) is 1. The zero-order valence-electron chi connectivity index (χ0n) is 8.57. The molecule has 1 amide bonds. The molecule has 1 saturated heterocycles. The molecule has 0 spiro atoms. The van der Waals surface area contributed by atoms with Gasteiger partial charge in [-0.3, -0.25) is 4.79 Å². The Labute approximate surface area is 84.3 Å². The molecule has 0 aromatic heterocycles. The maximum absolute atomic E-state index is 11.3. The number of rotatable bonds is 3. The standard InChI is InChI=1S/C9H19N3O2/c1-12-4-2-3-7(6-12)11-9(14)8(13)5-10/h7-8,13H,2-6,10H2,1H3,(H,11,14). The zero-order chi connectivity index (χ0) is 10.6. The first-order valence-electron chi connectivity index (χ1n) is 5.00. The minimum absolute atomic E-state index is 0.0195. The molecule has 0 aliphatic carbocycles. The number of nitrogens with one attached hydrogen (secondary N) is 1. The number of nitrogens with zero attached hydrogens (tertiary/aromatic N) is 1. The number of carbonyl (C=O) groups is 1. The van der Waals surface area contributed by atoms with Crippen LogP contribution in [0.2, 0.25) is 0 Å². The molecule has 1 aliphatic heterocycles. The van der Waals surface area contributed by atoms with E-state index in [2.05, 4.69) is 10.2 Å². The summed E-state index contributed by atoms with van der Waals surface area (Å²) in [6.07, 6.45) is 0.996. The summed E-state index contributed by atoms with van der Waals surface area (Å²) in [5, 5.41) is 12.0. The van der Waals surface area contributed by atoms with Gasteiger partial charge in [-0.05, 0) is 26.4 Å². The van der Waals surface area contributed by atoms with Gasteiger partial charge in [-0.1, -0.05) is 0 Å². The van der Waals surface area contributed by atoms with Crippen molar-refractivity contribution in [3.8, 4) is 0 Å². The lowest BCUT2D eigenvalue weighted by Gasteiger charge is -2.30. The predicted octanol–water partition coefficient (Wildman–Crippen LogP) is -1.48. The largest absolute Gasteiger partial charge is 0.382 e. The van der Waals surface area contributed by atoms with Crippen molar-refractivity contribution in [2.45, 2.75) is 25.0 Å². The third kappa shape index (κ3) is 3.25. The highest BCUT2D eigenvalue weighted by molar-refractivity contribution is 5.81. The number of aliphatic hydroxyl groups is 1. The van der Waals surface area contributed by atoms with E-state index in [1.54, 1.807) is 0 Å². The van der Waals surface area contributed by atoms with Crippen LogP contribution >= 0.6 is 0 Å². The molecule has 14 heavy (non-hydrogen) atoms. The van der Waals surface area contributed by atoms with E-state index in [0.717, 1.165) is 25.9 Å². The van der Waals surface area contributed by atoms with Crippen molar-refractivity contribution < 1.29 is 9.90 Å². The first kappa shape index (κ1) is 11.4.